The zero-order valence-electron chi connectivity index (χ0n) is 17.7. The number of hydrogen-bond donors (Lipinski definition) is 0. The minimum atomic E-state index is -2.10. The van der Waals surface area contributed by atoms with Crippen LogP contribution in [0.15, 0.2) is 30.3 Å². The van der Waals surface area contributed by atoms with E-state index in [-0.39, 0.29) is 0 Å². The molecule has 0 aliphatic heterocycles. The Hall–Kier alpha value is -0.0213. The van der Waals surface area contributed by atoms with Crippen LogP contribution in [0.3, 0.4) is 0 Å². The second kappa shape index (κ2) is 13.2. The van der Waals surface area contributed by atoms with Gasteiger partial charge in [-0.05, 0) is 0 Å². The van der Waals surface area contributed by atoms with Gasteiger partial charge >= 0.3 is 163 Å². The van der Waals surface area contributed by atoms with Crippen LogP contribution in [-0.2, 0) is 6.54 Å². The van der Waals surface area contributed by atoms with Crippen molar-refractivity contribution in [1.82, 2.24) is 4.90 Å². The van der Waals surface area contributed by atoms with Gasteiger partial charge in [0.2, 0.25) is 0 Å². The molecule has 0 radical (unpaired) electrons. The Bertz CT molecular complexity index is 407. The summed E-state index contributed by atoms with van der Waals surface area (Å²) in [5.74, 6) is 0. The van der Waals surface area contributed by atoms with Crippen LogP contribution >= 0.6 is 0 Å². The van der Waals surface area contributed by atoms with Gasteiger partial charge in [-0.25, -0.2) is 0 Å². The van der Waals surface area contributed by atoms with Crippen molar-refractivity contribution in [3.8, 4) is 0 Å². The van der Waals surface area contributed by atoms with E-state index in [9.17, 15) is 0 Å². The van der Waals surface area contributed by atoms with Gasteiger partial charge < -0.3 is 0 Å². The van der Waals surface area contributed by atoms with Gasteiger partial charge in [-0.3, -0.25) is 0 Å². The summed E-state index contributed by atoms with van der Waals surface area (Å²) in [6.45, 7) is 13.1. The monoisotopic (exact) mass is 453 g/mol. The van der Waals surface area contributed by atoms with Gasteiger partial charge in [0.1, 0.15) is 0 Å². The molecule has 25 heavy (non-hydrogen) atoms. The Morgan fingerprint density at radius 2 is 1.28 bits per heavy atom. The predicted molar refractivity (Wildman–Crippen MR) is 117 cm³/mol. The van der Waals surface area contributed by atoms with Crippen LogP contribution in [0.1, 0.15) is 78.7 Å². The Labute approximate surface area is 162 Å². The molecular formula is C23H43NSn. The third-order valence-electron chi connectivity index (χ3n) is 5.68. The van der Waals surface area contributed by atoms with E-state index in [1.807, 2.05) is 0 Å². The van der Waals surface area contributed by atoms with Crippen LogP contribution in [-0.4, -0.2) is 33.9 Å². The van der Waals surface area contributed by atoms with Crippen molar-refractivity contribution in [2.75, 3.05) is 4.56 Å². The molecule has 0 fully saturated rings. The average molecular weight is 452 g/mol. The summed E-state index contributed by atoms with van der Waals surface area (Å²) in [4.78, 5) is 2.83. The van der Waals surface area contributed by atoms with Crippen LogP contribution in [0.2, 0.25) is 13.3 Å². The molecule has 1 rings (SSSR count). The summed E-state index contributed by atoms with van der Waals surface area (Å²) < 4.78 is 6.32. The molecule has 1 aromatic carbocycles. The van der Waals surface area contributed by atoms with Crippen LogP contribution in [0.25, 0.3) is 0 Å². The summed E-state index contributed by atoms with van der Waals surface area (Å²) >= 11 is -2.10. The van der Waals surface area contributed by atoms with Crippen LogP contribution < -0.4 is 0 Å². The van der Waals surface area contributed by atoms with Crippen LogP contribution in [0, 0.1) is 0 Å². The fourth-order valence-corrected chi connectivity index (χ4v) is 20.7. The van der Waals surface area contributed by atoms with Gasteiger partial charge in [0.25, 0.3) is 0 Å². The third kappa shape index (κ3) is 8.95. The Morgan fingerprint density at radius 3 is 1.68 bits per heavy atom. The number of rotatable bonds is 14. The van der Waals surface area contributed by atoms with Gasteiger partial charge in [0.15, 0.2) is 0 Å². The molecule has 1 aromatic rings. The summed E-state index contributed by atoms with van der Waals surface area (Å²) in [7, 11) is 0. The Morgan fingerprint density at radius 1 is 0.800 bits per heavy atom. The average Bonchev–Trinajstić information content (AvgIpc) is 2.63. The van der Waals surface area contributed by atoms with E-state index in [1.165, 1.54) is 48.6 Å². The summed E-state index contributed by atoms with van der Waals surface area (Å²) in [6.07, 6.45) is 8.54. The number of hydrogen-bond acceptors (Lipinski definition) is 1. The van der Waals surface area contributed by atoms with E-state index in [1.54, 1.807) is 13.3 Å². The Balaban J connectivity index is 2.93. The topological polar surface area (TPSA) is 3.24 Å². The van der Waals surface area contributed by atoms with E-state index < -0.39 is 18.4 Å². The molecule has 0 saturated heterocycles. The van der Waals surface area contributed by atoms with E-state index in [0.717, 1.165) is 6.54 Å². The zero-order chi connectivity index (χ0) is 18.5. The quantitative estimate of drug-likeness (QED) is 0.268. The predicted octanol–water partition coefficient (Wildman–Crippen LogP) is 7.29. The van der Waals surface area contributed by atoms with Crippen molar-refractivity contribution in [1.29, 1.82) is 0 Å². The van der Waals surface area contributed by atoms with Gasteiger partial charge in [0, 0.05) is 0 Å². The van der Waals surface area contributed by atoms with Gasteiger partial charge in [0.05, 0.1) is 0 Å². The first-order valence-corrected chi connectivity index (χ1v) is 18.9. The molecule has 0 aromatic heterocycles. The second-order valence-corrected chi connectivity index (χ2v) is 22.0. The fraction of sp³-hybridized carbons (Fsp3) is 0.739. The first-order chi connectivity index (χ1) is 12.1. The van der Waals surface area contributed by atoms with Crippen molar-refractivity contribution in [2.45, 2.75) is 99.0 Å². The third-order valence-corrected chi connectivity index (χ3v) is 20.9. The minimum absolute atomic E-state index is 0.654. The molecule has 0 aliphatic carbocycles. The van der Waals surface area contributed by atoms with Crippen molar-refractivity contribution in [3.63, 3.8) is 0 Å². The molecule has 0 unspecified atom stereocenters. The maximum atomic E-state index is 2.83. The number of unbranched alkanes of at least 4 members (excludes halogenated alkanes) is 3. The first kappa shape index (κ1) is 23.0. The van der Waals surface area contributed by atoms with Crippen LogP contribution in [0.5, 0.6) is 0 Å². The van der Waals surface area contributed by atoms with Crippen molar-refractivity contribution in [3.05, 3.63) is 35.9 Å². The van der Waals surface area contributed by atoms with E-state index in [4.69, 9.17) is 0 Å². The fourth-order valence-electron chi connectivity index (χ4n) is 3.94. The van der Waals surface area contributed by atoms with Gasteiger partial charge in [-0.2, -0.15) is 0 Å². The van der Waals surface area contributed by atoms with Crippen molar-refractivity contribution >= 4 is 18.4 Å². The number of nitrogens with zero attached hydrogens (tertiary/aromatic N) is 1. The molecule has 0 aliphatic rings. The van der Waals surface area contributed by atoms with Crippen molar-refractivity contribution < 1.29 is 0 Å². The standard InChI is InChI=1S/C11H16N.3C4H9.Sn/c1-10(2)12(3)9-11-7-5-4-6-8-11;3*1-3-4-2;/h4-8,10H,3,9H2,1-2H3;3*1,3-4H2,2H3;. The normalized spacial score (nSPS) is 12.3. The zero-order valence-corrected chi connectivity index (χ0v) is 20.5. The summed E-state index contributed by atoms with van der Waals surface area (Å²) in [6, 6.07) is 11.8. The Kier molecular flexibility index (Phi) is 12.1. The number of benzene rings is 1. The molecule has 0 N–H and O–H groups in total. The summed E-state index contributed by atoms with van der Waals surface area (Å²) in [5.41, 5.74) is 1.48. The van der Waals surface area contributed by atoms with E-state index in [0.29, 0.717) is 6.04 Å². The van der Waals surface area contributed by atoms with E-state index >= 15 is 0 Å². The molecule has 0 atom stereocenters. The molecule has 0 amide bonds. The van der Waals surface area contributed by atoms with Gasteiger partial charge in [-0.15, -0.1) is 0 Å². The van der Waals surface area contributed by atoms with Crippen molar-refractivity contribution in [2.24, 2.45) is 0 Å². The molecule has 0 saturated carbocycles. The molecule has 0 heterocycles. The molecule has 0 spiro atoms. The molecule has 1 nitrogen and oxygen atoms in total. The molecule has 144 valence electrons. The maximum absolute atomic E-state index is 2.83. The summed E-state index contributed by atoms with van der Waals surface area (Å²) in [5, 5.41) is 0. The second-order valence-electron chi connectivity index (χ2n) is 8.29. The first-order valence-electron chi connectivity index (χ1n) is 10.8. The molecular weight excluding hydrogens is 409 g/mol. The van der Waals surface area contributed by atoms with E-state index in [2.05, 4.69) is 69.9 Å². The van der Waals surface area contributed by atoms with Gasteiger partial charge in [-0.1, -0.05) is 0 Å². The molecule has 0 bridgehead atoms. The van der Waals surface area contributed by atoms with Crippen LogP contribution in [0.4, 0.5) is 0 Å². The SMILES string of the molecule is CCC[CH2][Sn]([CH2]CCC)([CH2]CCC)[CH2]N(Cc1ccccc1)C(C)C. The molecule has 2 heteroatoms.